The molecule has 0 spiro atoms. The van der Waals surface area contributed by atoms with Crippen LogP contribution in [0.5, 0.6) is 0 Å². The number of unbranched alkanes of at least 4 members (excludes halogenated alkanes) is 7. The van der Waals surface area contributed by atoms with E-state index in [1.54, 1.807) is 0 Å². The van der Waals surface area contributed by atoms with Crippen molar-refractivity contribution < 1.29 is 0 Å². The van der Waals surface area contributed by atoms with Crippen molar-refractivity contribution in [1.82, 2.24) is 0 Å². The van der Waals surface area contributed by atoms with Crippen molar-refractivity contribution in [3.8, 4) is 0 Å². The van der Waals surface area contributed by atoms with Crippen LogP contribution in [0.4, 0.5) is 0 Å². The topological polar surface area (TPSA) is 0 Å². The van der Waals surface area contributed by atoms with Gasteiger partial charge in [0.1, 0.15) is 0 Å². The van der Waals surface area contributed by atoms with E-state index in [1.165, 1.54) is 108 Å². The lowest BCUT2D eigenvalue weighted by molar-refractivity contribution is -0.0775. The molecule has 0 heterocycles. The monoisotopic (exact) mass is 424 g/mol. The predicted octanol–water partition coefficient (Wildman–Crippen LogP) is 9.90. The molecule has 0 aromatic carbocycles. The number of rotatable bonds is 9. The molecule has 0 N–H and O–H groups in total. The maximum atomic E-state index is 4.38. The highest BCUT2D eigenvalue weighted by Gasteiger charge is 2.60. The van der Waals surface area contributed by atoms with E-state index in [2.05, 4.69) is 40.3 Å². The van der Waals surface area contributed by atoms with Gasteiger partial charge in [-0.2, -0.15) is 0 Å². The van der Waals surface area contributed by atoms with E-state index in [0.717, 1.165) is 29.6 Å². The third kappa shape index (κ3) is 4.48. The van der Waals surface area contributed by atoms with E-state index in [4.69, 9.17) is 0 Å². The second-order valence-electron chi connectivity index (χ2n) is 12.8. The maximum Gasteiger partial charge on any atom is -0.00788 e. The quantitative estimate of drug-likeness (QED) is 0.323. The number of fused-ring (bicyclic) bond motifs is 5. The van der Waals surface area contributed by atoms with Crippen molar-refractivity contribution in [3.63, 3.8) is 0 Å². The van der Waals surface area contributed by atoms with Gasteiger partial charge in [-0.3, -0.25) is 0 Å². The Balaban J connectivity index is 1.45. The van der Waals surface area contributed by atoms with Gasteiger partial charge in [-0.15, -0.1) is 0 Å². The van der Waals surface area contributed by atoms with Crippen molar-refractivity contribution in [2.24, 2.45) is 40.4 Å². The van der Waals surface area contributed by atoms with Crippen LogP contribution in [-0.2, 0) is 0 Å². The Bertz CT molecular complexity index is 655. The summed E-state index contributed by atoms with van der Waals surface area (Å²) < 4.78 is 0. The first-order chi connectivity index (χ1) is 14.9. The Morgan fingerprint density at radius 3 is 2.35 bits per heavy atom. The Hall–Kier alpha value is -0.520. The Kier molecular flexibility index (Phi) is 7.45. The summed E-state index contributed by atoms with van der Waals surface area (Å²) in [6.07, 6.45) is 25.7. The zero-order valence-corrected chi connectivity index (χ0v) is 21.5. The van der Waals surface area contributed by atoms with Gasteiger partial charge in [0.05, 0.1) is 0 Å². The van der Waals surface area contributed by atoms with Crippen molar-refractivity contribution in [3.05, 3.63) is 23.8 Å². The minimum atomic E-state index is 0.481. The summed E-state index contributed by atoms with van der Waals surface area (Å²) in [5, 5.41) is 0. The van der Waals surface area contributed by atoms with Crippen LogP contribution >= 0.6 is 0 Å². The zero-order chi connectivity index (χ0) is 22.1. The highest BCUT2D eigenvalue weighted by atomic mass is 14.6. The molecule has 0 amide bonds. The van der Waals surface area contributed by atoms with Gasteiger partial charge in [0.25, 0.3) is 0 Å². The third-order valence-electron chi connectivity index (χ3n) is 11.2. The molecule has 4 aliphatic carbocycles. The van der Waals surface area contributed by atoms with Gasteiger partial charge in [0.15, 0.2) is 0 Å². The van der Waals surface area contributed by atoms with Crippen LogP contribution in [0, 0.1) is 40.4 Å². The van der Waals surface area contributed by atoms with E-state index in [0.29, 0.717) is 10.8 Å². The highest BCUT2D eigenvalue weighted by molar-refractivity contribution is 5.34. The molecule has 31 heavy (non-hydrogen) atoms. The van der Waals surface area contributed by atoms with Crippen LogP contribution in [0.15, 0.2) is 23.8 Å². The predicted molar refractivity (Wildman–Crippen MR) is 136 cm³/mol. The smallest absolute Gasteiger partial charge is 0.00788 e. The molecule has 3 saturated carbocycles. The molecule has 6 unspecified atom stereocenters. The van der Waals surface area contributed by atoms with Gasteiger partial charge >= 0.3 is 0 Å². The van der Waals surface area contributed by atoms with Crippen molar-refractivity contribution in [1.29, 1.82) is 0 Å². The van der Waals surface area contributed by atoms with E-state index in [9.17, 15) is 0 Å². The summed E-state index contributed by atoms with van der Waals surface area (Å²) in [4.78, 5) is 0. The molecule has 0 aromatic rings. The minimum absolute atomic E-state index is 0.481. The largest absolute Gasteiger partial charge is 0.0958 e. The molecule has 176 valence electrons. The van der Waals surface area contributed by atoms with E-state index < -0.39 is 0 Å². The fourth-order valence-corrected chi connectivity index (χ4v) is 8.89. The van der Waals surface area contributed by atoms with E-state index >= 15 is 0 Å². The number of hydrogen-bond donors (Lipinski definition) is 0. The number of allylic oxidation sites excluding steroid dienone is 3. The minimum Gasteiger partial charge on any atom is -0.0958 e. The molecular formula is C31H52. The normalized spacial score (nSPS) is 42.0. The van der Waals surface area contributed by atoms with Crippen LogP contribution in [0.1, 0.15) is 130 Å². The first-order valence-corrected chi connectivity index (χ1v) is 14.3. The molecule has 0 heteroatoms. The molecule has 3 fully saturated rings. The average molecular weight is 425 g/mol. The summed E-state index contributed by atoms with van der Waals surface area (Å²) in [5.74, 6) is 4.84. The molecule has 0 radical (unpaired) electrons. The van der Waals surface area contributed by atoms with Gasteiger partial charge in [-0.25, -0.2) is 0 Å². The standard InChI is InChI=1S/C31H52/c1-6-7-8-9-10-11-12-13-14-25-22-26-21-23(2)17-19-31(26,5)28-18-20-30(4)24(3)15-16-27(30)29(25)28/h21,24-25,27-29H,2,6-20,22H2,1,3-5H3/t24?,25-,27?,28?,29?,30?,31?/m1/s1. The molecule has 4 aliphatic rings. The lowest BCUT2D eigenvalue weighted by atomic mass is 9.44. The SMILES string of the molecule is C=C1C=C2C[C@@H](CCCCCCCCCC)C3C(CCC4(C)C(C)CCC34)C2(C)CC1. The van der Waals surface area contributed by atoms with E-state index in [-0.39, 0.29) is 0 Å². The number of hydrogen-bond acceptors (Lipinski definition) is 0. The summed E-state index contributed by atoms with van der Waals surface area (Å²) in [5.41, 5.74) is 4.33. The summed E-state index contributed by atoms with van der Waals surface area (Å²) in [6, 6.07) is 0. The van der Waals surface area contributed by atoms with Crippen molar-refractivity contribution in [2.45, 2.75) is 130 Å². The fourth-order valence-electron chi connectivity index (χ4n) is 8.89. The highest BCUT2D eigenvalue weighted by Crippen LogP contribution is 2.68. The van der Waals surface area contributed by atoms with Crippen molar-refractivity contribution >= 4 is 0 Å². The molecule has 0 aliphatic heterocycles. The van der Waals surface area contributed by atoms with Crippen LogP contribution in [0.2, 0.25) is 0 Å². The van der Waals surface area contributed by atoms with Crippen LogP contribution in [-0.4, -0.2) is 0 Å². The van der Waals surface area contributed by atoms with E-state index in [1.807, 2.05) is 5.57 Å². The van der Waals surface area contributed by atoms with Crippen molar-refractivity contribution in [2.75, 3.05) is 0 Å². The Labute approximate surface area is 194 Å². The maximum absolute atomic E-state index is 4.38. The summed E-state index contributed by atoms with van der Waals surface area (Å²) in [7, 11) is 0. The van der Waals surface area contributed by atoms with Gasteiger partial charge < -0.3 is 0 Å². The van der Waals surface area contributed by atoms with Crippen LogP contribution < -0.4 is 0 Å². The Morgan fingerprint density at radius 1 is 0.903 bits per heavy atom. The van der Waals surface area contributed by atoms with Gasteiger partial charge in [0.2, 0.25) is 0 Å². The van der Waals surface area contributed by atoms with Crippen LogP contribution in [0.25, 0.3) is 0 Å². The van der Waals surface area contributed by atoms with Gasteiger partial charge in [-0.05, 0) is 91.8 Å². The summed E-state index contributed by atoms with van der Waals surface area (Å²) >= 11 is 0. The molecule has 0 bridgehead atoms. The first-order valence-electron chi connectivity index (χ1n) is 14.3. The molecule has 4 rings (SSSR count). The molecule has 0 saturated heterocycles. The lowest BCUT2D eigenvalue weighted by Crippen LogP contribution is -2.53. The first kappa shape index (κ1) is 23.6. The third-order valence-corrected chi connectivity index (χ3v) is 11.2. The van der Waals surface area contributed by atoms with Gasteiger partial charge in [-0.1, -0.05) is 103 Å². The molecular weight excluding hydrogens is 372 g/mol. The zero-order valence-electron chi connectivity index (χ0n) is 21.5. The second kappa shape index (κ2) is 9.77. The second-order valence-corrected chi connectivity index (χ2v) is 12.8. The molecule has 0 nitrogen and oxygen atoms in total. The van der Waals surface area contributed by atoms with Crippen LogP contribution in [0.3, 0.4) is 0 Å². The lowest BCUT2D eigenvalue weighted by Gasteiger charge is -2.61. The summed E-state index contributed by atoms with van der Waals surface area (Å²) in [6.45, 7) is 14.6. The Morgan fingerprint density at radius 2 is 1.61 bits per heavy atom. The van der Waals surface area contributed by atoms with Gasteiger partial charge in [0, 0.05) is 0 Å². The molecule has 7 atom stereocenters. The fraction of sp³-hybridized carbons (Fsp3) is 0.871. The average Bonchev–Trinajstić information content (AvgIpc) is 3.05. The molecule has 0 aromatic heterocycles.